The standard InChI is InChI=1S/C11H15N3O/c1-8(15)7-14(2)11-12-9-5-3-4-6-10(9)13-11/h3-6,8,15H,7H2,1-2H3,(H,12,13). The van der Waals surface area contributed by atoms with E-state index in [2.05, 4.69) is 9.97 Å². The van der Waals surface area contributed by atoms with Gasteiger partial charge in [-0.05, 0) is 19.1 Å². The lowest BCUT2D eigenvalue weighted by atomic mass is 10.3. The molecule has 0 spiro atoms. The third kappa shape index (κ3) is 2.10. The SMILES string of the molecule is CC(O)CN(C)c1nc2ccccc2[nH]1. The number of para-hydroxylation sites is 2. The highest BCUT2D eigenvalue weighted by atomic mass is 16.3. The van der Waals surface area contributed by atoms with E-state index in [-0.39, 0.29) is 6.10 Å². The summed E-state index contributed by atoms with van der Waals surface area (Å²) in [5.41, 5.74) is 1.97. The number of hydrogen-bond acceptors (Lipinski definition) is 3. The van der Waals surface area contributed by atoms with Crippen molar-refractivity contribution in [1.82, 2.24) is 9.97 Å². The number of benzene rings is 1. The average molecular weight is 205 g/mol. The highest BCUT2D eigenvalue weighted by Gasteiger charge is 2.08. The number of hydrogen-bond donors (Lipinski definition) is 2. The van der Waals surface area contributed by atoms with Crippen molar-refractivity contribution < 1.29 is 5.11 Å². The zero-order valence-electron chi connectivity index (χ0n) is 8.94. The van der Waals surface area contributed by atoms with E-state index < -0.39 is 0 Å². The van der Waals surface area contributed by atoms with Crippen molar-refractivity contribution in [3.63, 3.8) is 0 Å². The van der Waals surface area contributed by atoms with Crippen LogP contribution in [0, 0.1) is 0 Å². The Morgan fingerprint density at radius 3 is 2.87 bits per heavy atom. The Bertz CT molecular complexity index is 417. The Kier molecular flexibility index (Phi) is 2.60. The minimum Gasteiger partial charge on any atom is -0.392 e. The molecular formula is C11H15N3O. The number of imidazole rings is 1. The van der Waals surface area contributed by atoms with Gasteiger partial charge >= 0.3 is 0 Å². The molecule has 4 nitrogen and oxygen atoms in total. The molecular weight excluding hydrogens is 190 g/mol. The monoisotopic (exact) mass is 205 g/mol. The van der Waals surface area contributed by atoms with Crippen molar-refractivity contribution in [3.05, 3.63) is 24.3 Å². The number of nitrogens with zero attached hydrogens (tertiary/aromatic N) is 2. The molecule has 0 aliphatic carbocycles. The Balaban J connectivity index is 2.28. The second-order valence-electron chi connectivity index (χ2n) is 3.81. The number of anilines is 1. The maximum absolute atomic E-state index is 9.28. The van der Waals surface area contributed by atoms with Crippen LogP contribution in [-0.2, 0) is 0 Å². The van der Waals surface area contributed by atoms with Gasteiger partial charge in [0.25, 0.3) is 0 Å². The summed E-state index contributed by atoms with van der Waals surface area (Å²) < 4.78 is 0. The van der Waals surface area contributed by atoms with E-state index in [4.69, 9.17) is 0 Å². The number of H-pyrrole nitrogens is 1. The number of nitrogens with one attached hydrogen (secondary N) is 1. The molecule has 15 heavy (non-hydrogen) atoms. The quantitative estimate of drug-likeness (QED) is 0.796. The van der Waals surface area contributed by atoms with Crippen LogP contribution < -0.4 is 4.90 Å². The van der Waals surface area contributed by atoms with E-state index in [1.54, 1.807) is 6.92 Å². The number of aromatic amines is 1. The van der Waals surface area contributed by atoms with Crippen molar-refractivity contribution in [2.75, 3.05) is 18.5 Å². The predicted octanol–water partition coefficient (Wildman–Crippen LogP) is 1.38. The first-order valence-corrected chi connectivity index (χ1v) is 5.01. The normalized spacial score (nSPS) is 13.0. The first kappa shape index (κ1) is 9.98. The van der Waals surface area contributed by atoms with Gasteiger partial charge in [-0.15, -0.1) is 0 Å². The van der Waals surface area contributed by atoms with Crippen molar-refractivity contribution >= 4 is 17.0 Å². The van der Waals surface area contributed by atoms with Gasteiger partial charge in [-0.3, -0.25) is 0 Å². The molecule has 0 saturated heterocycles. The molecule has 0 aliphatic rings. The van der Waals surface area contributed by atoms with Crippen LogP contribution in [0.25, 0.3) is 11.0 Å². The summed E-state index contributed by atoms with van der Waals surface area (Å²) in [6.45, 7) is 2.33. The molecule has 1 unspecified atom stereocenters. The van der Waals surface area contributed by atoms with E-state index >= 15 is 0 Å². The lowest BCUT2D eigenvalue weighted by molar-refractivity contribution is 0.201. The fourth-order valence-electron chi connectivity index (χ4n) is 1.60. The minimum absolute atomic E-state index is 0.358. The van der Waals surface area contributed by atoms with Crippen LogP contribution in [0.4, 0.5) is 5.95 Å². The molecule has 1 atom stereocenters. The maximum Gasteiger partial charge on any atom is 0.203 e. The highest BCUT2D eigenvalue weighted by molar-refractivity contribution is 5.77. The summed E-state index contributed by atoms with van der Waals surface area (Å²) in [5.74, 6) is 0.789. The highest BCUT2D eigenvalue weighted by Crippen LogP contribution is 2.15. The molecule has 2 N–H and O–H groups in total. The zero-order valence-corrected chi connectivity index (χ0v) is 8.94. The number of aliphatic hydroxyl groups excluding tert-OH is 1. The van der Waals surface area contributed by atoms with Crippen LogP contribution in [0.5, 0.6) is 0 Å². The van der Waals surface area contributed by atoms with Crippen LogP contribution in [0.15, 0.2) is 24.3 Å². The summed E-state index contributed by atoms with van der Waals surface area (Å²) in [4.78, 5) is 9.54. The number of fused-ring (bicyclic) bond motifs is 1. The van der Waals surface area contributed by atoms with Gasteiger partial charge in [0.15, 0.2) is 0 Å². The number of aliphatic hydroxyl groups is 1. The van der Waals surface area contributed by atoms with E-state index in [9.17, 15) is 5.11 Å². The molecule has 2 aromatic rings. The number of rotatable bonds is 3. The molecule has 0 saturated carbocycles. The van der Waals surface area contributed by atoms with Gasteiger partial charge in [-0.1, -0.05) is 12.1 Å². The van der Waals surface area contributed by atoms with E-state index in [0.29, 0.717) is 6.54 Å². The lowest BCUT2D eigenvalue weighted by Gasteiger charge is -2.17. The molecule has 0 fully saturated rings. The van der Waals surface area contributed by atoms with E-state index in [1.807, 2.05) is 36.2 Å². The molecule has 4 heteroatoms. The number of aromatic nitrogens is 2. The molecule has 1 aromatic heterocycles. The van der Waals surface area contributed by atoms with Crippen molar-refractivity contribution in [1.29, 1.82) is 0 Å². The van der Waals surface area contributed by atoms with Crippen molar-refractivity contribution in [2.45, 2.75) is 13.0 Å². The molecule has 1 heterocycles. The summed E-state index contributed by atoms with van der Waals surface area (Å²) in [5, 5.41) is 9.28. The summed E-state index contributed by atoms with van der Waals surface area (Å²) in [6.07, 6.45) is -0.358. The Labute approximate surface area is 88.6 Å². The number of likely N-dealkylation sites (N-methyl/N-ethyl adjacent to an activating group) is 1. The van der Waals surface area contributed by atoms with Gasteiger partial charge in [-0.2, -0.15) is 0 Å². The Morgan fingerprint density at radius 2 is 2.20 bits per heavy atom. The van der Waals surface area contributed by atoms with Crippen LogP contribution in [0.1, 0.15) is 6.92 Å². The summed E-state index contributed by atoms with van der Waals surface area (Å²) in [6, 6.07) is 7.88. The van der Waals surface area contributed by atoms with Gasteiger partial charge in [0.05, 0.1) is 17.1 Å². The molecule has 0 aliphatic heterocycles. The first-order chi connectivity index (χ1) is 7.16. The largest absolute Gasteiger partial charge is 0.392 e. The van der Waals surface area contributed by atoms with E-state index in [0.717, 1.165) is 17.0 Å². The van der Waals surface area contributed by atoms with Gasteiger partial charge in [0.1, 0.15) is 0 Å². The van der Waals surface area contributed by atoms with E-state index in [1.165, 1.54) is 0 Å². The van der Waals surface area contributed by atoms with Gasteiger partial charge in [0, 0.05) is 13.6 Å². The van der Waals surface area contributed by atoms with Crippen LogP contribution in [0.3, 0.4) is 0 Å². The fraction of sp³-hybridized carbons (Fsp3) is 0.364. The minimum atomic E-state index is -0.358. The third-order valence-electron chi connectivity index (χ3n) is 2.28. The summed E-state index contributed by atoms with van der Waals surface area (Å²) >= 11 is 0. The summed E-state index contributed by atoms with van der Waals surface area (Å²) in [7, 11) is 1.91. The van der Waals surface area contributed by atoms with Crippen LogP contribution >= 0.6 is 0 Å². The second-order valence-corrected chi connectivity index (χ2v) is 3.81. The Morgan fingerprint density at radius 1 is 1.47 bits per heavy atom. The molecule has 0 bridgehead atoms. The fourth-order valence-corrected chi connectivity index (χ4v) is 1.60. The van der Waals surface area contributed by atoms with Crippen LogP contribution in [0.2, 0.25) is 0 Å². The smallest absolute Gasteiger partial charge is 0.203 e. The van der Waals surface area contributed by atoms with Crippen molar-refractivity contribution in [2.24, 2.45) is 0 Å². The predicted molar refractivity (Wildman–Crippen MR) is 61.0 cm³/mol. The Hall–Kier alpha value is -1.55. The first-order valence-electron chi connectivity index (χ1n) is 5.01. The third-order valence-corrected chi connectivity index (χ3v) is 2.28. The van der Waals surface area contributed by atoms with Gasteiger partial charge < -0.3 is 15.0 Å². The molecule has 2 rings (SSSR count). The molecule has 0 radical (unpaired) electrons. The van der Waals surface area contributed by atoms with Gasteiger partial charge in [-0.25, -0.2) is 4.98 Å². The average Bonchev–Trinajstić information content (AvgIpc) is 2.59. The lowest BCUT2D eigenvalue weighted by Crippen LogP contribution is -2.27. The van der Waals surface area contributed by atoms with Crippen molar-refractivity contribution in [3.8, 4) is 0 Å². The second kappa shape index (κ2) is 3.90. The molecule has 0 amide bonds. The van der Waals surface area contributed by atoms with Crippen LogP contribution in [-0.4, -0.2) is 34.8 Å². The maximum atomic E-state index is 9.28. The zero-order chi connectivity index (χ0) is 10.8. The van der Waals surface area contributed by atoms with Gasteiger partial charge in [0.2, 0.25) is 5.95 Å². The molecule has 80 valence electrons. The topological polar surface area (TPSA) is 52.1 Å². The molecule has 1 aromatic carbocycles.